The third kappa shape index (κ3) is 5.24. The molecule has 150 valence electrons. The van der Waals surface area contributed by atoms with Crippen LogP contribution in [0.2, 0.25) is 0 Å². The van der Waals surface area contributed by atoms with Gasteiger partial charge in [0.1, 0.15) is 5.76 Å². The summed E-state index contributed by atoms with van der Waals surface area (Å²) in [6, 6.07) is 0. The quantitative estimate of drug-likeness (QED) is 0.385. The maximum absolute atomic E-state index is 13.7. The number of allylic oxidation sites excluding steroid dienone is 9. The molecule has 1 rings (SSSR count). The molecule has 0 heterocycles. The number of ether oxygens (including phenoxy) is 1. The van der Waals surface area contributed by atoms with E-state index in [9.17, 15) is 18.0 Å². The highest BCUT2D eigenvalue weighted by molar-refractivity contribution is 5.79. The Bertz CT molecular complexity index is 669. The van der Waals surface area contributed by atoms with E-state index >= 15 is 0 Å². The molecular formula is C22H29F3O2. The maximum Gasteiger partial charge on any atom is 0.405 e. The average molecular weight is 382 g/mol. The predicted octanol–water partition coefficient (Wildman–Crippen LogP) is 6.83. The van der Waals surface area contributed by atoms with Gasteiger partial charge in [0.05, 0.1) is 0 Å². The molecule has 0 fully saturated rings. The molecule has 0 radical (unpaired) electrons. The molecule has 0 aromatic rings. The first kappa shape index (κ1) is 23.0. The molecular weight excluding hydrogens is 353 g/mol. The number of carbonyl (C=O) groups is 1. The summed E-state index contributed by atoms with van der Waals surface area (Å²) >= 11 is 0. The van der Waals surface area contributed by atoms with Crippen LogP contribution in [0.4, 0.5) is 13.2 Å². The van der Waals surface area contributed by atoms with E-state index in [0.717, 1.165) is 24.5 Å². The summed E-state index contributed by atoms with van der Waals surface area (Å²) in [5.41, 5.74) is -1.93. The molecule has 0 aromatic carbocycles. The van der Waals surface area contributed by atoms with Gasteiger partial charge >= 0.3 is 12.1 Å². The largest absolute Gasteiger partial charge is 0.430 e. The second kappa shape index (κ2) is 8.77. The molecule has 0 bridgehead atoms. The van der Waals surface area contributed by atoms with Crippen LogP contribution in [0.1, 0.15) is 53.9 Å². The normalized spacial score (nSPS) is 19.0. The van der Waals surface area contributed by atoms with E-state index in [0.29, 0.717) is 12.8 Å². The SMILES string of the molecule is C=C/C=C(\C=C/C)C1=CC=C(OC(=O)C(C)(C(C)(C)C)C(F)(F)F)CCC1. The van der Waals surface area contributed by atoms with Crippen LogP contribution in [0.15, 0.2) is 59.9 Å². The molecule has 1 aliphatic rings. The third-order valence-corrected chi connectivity index (χ3v) is 5.05. The van der Waals surface area contributed by atoms with Gasteiger partial charge in [-0.3, -0.25) is 4.79 Å². The van der Waals surface area contributed by atoms with E-state index in [4.69, 9.17) is 4.74 Å². The lowest BCUT2D eigenvalue weighted by Gasteiger charge is -2.40. The number of carbonyl (C=O) groups excluding carboxylic acids is 1. The van der Waals surface area contributed by atoms with E-state index in [-0.39, 0.29) is 5.76 Å². The van der Waals surface area contributed by atoms with Crippen molar-refractivity contribution in [3.8, 4) is 0 Å². The van der Waals surface area contributed by atoms with Crippen LogP contribution in [-0.2, 0) is 9.53 Å². The Hall–Kier alpha value is -2.04. The zero-order valence-electron chi connectivity index (χ0n) is 16.7. The standard InChI is InChI=1S/C22H29F3O2/c1-7-10-16(11-8-2)17-12-9-13-18(15-14-17)27-19(26)21(6,20(3,4)5)22(23,24)25/h7-8,10-11,14-15H,1,9,12-13H2,2-6H3/b11-8-,16-10+. The number of rotatable bonds is 5. The Kier molecular flexibility index (Phi) is 7.47. The van der Waals surface area contributed by atoms with Gasteiger partial charge in [-0.15, -0.1) is 0 Å². The summed E-state index contributed by atoms with van der Waals surface area (Å²) in [5, 5.41) is 0. The Morgan fingerprint density at radius 2 is 1.78 bits per heavy atom. The van der Waals surface area contributed by atoms with Crippen molar-refractivity contribution >= 4 is 5.97 Å². The molecule has 1 atom stereocenters. The van der Waals surface area contributed by atoms with Gasteiger partial charge in [-0.25, -0.2) is 0 Å². The van der Waals surface area contributed by atoms with Gasteiger partial charge in [0.15, 0.2) is 5.41 Å². The zero-order valence-corrected chi connectivity index (χ0v) is 16.7. The van der Waals surface area contributed by atoms with Gasteiger partial charge in [0.25, 0.3) is 0 Å². The molecule has 0 spiro atoms. The summed E-state index contributed by atoms with van der Waals surface area (Å²) in [7, 11) is 0. The van der Waals surface area contributed by atoms with Crippen LogP contribution in [0.3, 0.4) is 0 Å². The summed E-state index contributed by atoms with van der Waals surface area (Å²) in [6.45, 7) is 10.7. The molecule has 1 aliphatic carbocycles. The highest BCUT2D eigenvalue weighted by atomic mass is 19.4. The van der Waals surface area contributed by atoms with E-state index in [1.54, 1.807) is 18.2 Å². The second-order valence-corrected chi connectivity index (χ2v) is 7.80. The van der Waals surface area contributed by atoms with Crippen molar-refractivity contribution in [2.75, 3.05) is 0 Å². The van der Waals surface area contributed by atoms with E-state index in [1.165, 1.54) is 20.8 Å². The van der Waals surface area contributed by atoms with Crippen LogP contribution in [0.5, 0.6) is 0 Å². The summed E-state index contributed by atoms with van der Waals surface area (Å²) < 4.78 is 46.2. The topological polar surface area (TPSA) is 26.3 Å². The zero-order chi connectivity index (χ0) is 20.9. The Morgan fingerprint density at radius 3 is 2.26 bits per heavy atom. The smallest absolute Gasteiger partial charge is 0.405 e. The fraction of sp³-hybridized carbons (Fsp3) is 0.500. The molecule has 27 heavy (non-hydrogen) atoms. The second-order valence-electron chi connectivity index (χ2n) is 7.80. The van der Waals surface area contributed by atoms with Gasteiger partial charge in [-0.05, 0) is 49.3 Å². The van der Waals surface area contributed by atoms with Gasteiger partial charge in [0.2, 0.25) is 0 Å². The molecule has 5 heteroatoms. The number of halogens is 3. The minimum Gasteiger partial charge on any atom is -0.430 e. The number of esters is 1. The van der Waals surface area contributed by atoms with Crippen LogP contribution in [0, 0.1) is 10.8 Å². The Morgan fingerprint density at radius 1 is 1.15 bits per heavy atom. The lowest BCUT2D eigenvalue weighted by atomic mass is 9.67. The van der Waals surface area contributed by atoms with E-state index in [2.05, 4.69) is 6.58 Å². The van der Waals surface area contributed by atoms with Crippen LogP contribution < -0.4 is 0 Å². The fourth-order valence-electron chi connectivity index (χ4n) is 2.78. The predicted molar refractivity (Wildman–Crippen MR) is 103 cm³/mol. The van der Waals surface area contributed by atoms with Crippen molar-refractivity contribution in [2.24, 2.45) is 10.8 Å². The van der Waals surface area contributed by atoms with Crippen LogP contribution in [0.25, 0.3) is 0 Å². The van der Waals surface area contributed by atoms with Crippen molar-refractivity contribution < 1.29 is 22.7 Å². The highest BCUT2D eigenvalue weighted by Crippen LogP contribution is 2.51. The number of hydrogen-bond donors (Lipinski definition) is 0. The minimum absolute atomic E-state index is 0.258. The lowest BCUT2D eigenvalue weighted by molar-refractivity contribution is -0.253. The molecule has 1 unspecified atom stereocenters. The molecule has 0 saturated heterocycles. The van der Waals surface area contributed by atoms with Crippen LogP contribution >= 0.6 is 0 Å². The average Bonchev–Trinajstić information content (AvgIpc) is 2.77. The van der Waals surface area contributed by atoms with Crippen LogP contribution in [-0.4, -0.2) is 12.1 Å². The van der Waals surface area contributed by atoms with Crippen molar-refractivity contribution in [3.63, 3.8) is 0 Å². The highest BCUT2D eigenvalue weighted by Gasteiger charge is 2.64. The Labute approximate surface area is 160 Å². The van der Waals surface area contributed by atoms with Crippen molar-refractivity contribution in [3.05, 3.63) is 59.9 Å². The van der Waals surface area contributed by atoms with Gasteiger partial charge < -0.3 is 4.74 Å². The summed E-state index contributed by atoms with van der Waals surface area (Å²) in [5.74, 6) is -1.01. The monoisotopic (exact) mass is 382 g/mol. The van der Waals surface area contributed by atoms with Crippen molar-refractivity contribution in [2.45, 2.75) is 60.1 Å². The number of hydrogen-bond acceptors (Lipinski definition) is 2. The fourth-order valence-corrected chi connectivity index (χ4v) is 2.78. The van der Waals surface area contributed by atoms with Crippen molar-refractivity contribution in [1.82, 2.24) is 0 Å². The number of alkyl halides is 3. The molecule has 0 saturated carbocycles. The first-order valence-electron chi connectivity index (χ1n) is 9.03. The minimum atomic E-state index is -4.71. The van der Waals surface area contributed by atoms with E-state index in [1.807, 2.05) is 25.2 Å². The molecule has 0 aromatic heterocycles. The first-order chi connectivity index (χ1) is 12.4. The van der Waals surface area contributed by atoms with Gasteiger partial charge in [-0.2, -0.15) is 13.2 Å². The molecule has 2 nitrogen and oxygen atoms in total. The maximum atomic E-state index is 13.7. The van der Waals surface area contributed by atoms with Crippen molar-refractivity contribution in [1.29, 1.82) is 0 Å². The third-order valence-electron chi connectivity index (χ3n) is 5.05. The summed E-state index contributed by atoms with van der Waals surface area (Å²) in [4.78, 5) is 12.5. The molecule has 0 aliphatic heterocycles. The van der Waals surface area contributed by atoms with E-state index < -0.39 is 23.0 Å². The first-order valence-corrected chi connectivity index (χ1v) is 9.03. The lowest BCUT2D eigenvalue weighted by Crippen LogP contribution is -2.52. The summed E-state index contributed by atoms with van der Waals surface area (Å²) in [6.07, 6.45) is 7.91. The molecule has 0 N–H and O–H groups in total. The van der Waals surface area contributed by atoms with Gasteiger partial charge in [0, 0.05) is 6.42 Å². The van der Waals surface area contributed by atoms with Gasteiger partial charge in [-0.1, -0.05) is 57.7 Å². The molecule has 0 amide bonds. The Balaban J connectivity index is 3.16.